The summed E-state index contributed by atoms with van der Waals surface area (Å²) in [5.74, 6) is 0.0977. The summed E-state index contributed by atoms with van der Waals surface area (Å²) >= 11 is 5.76. The second kappa shape index (κ2) is 5.78. The number of nitrogens with two attached hydrogens (primary N) is 1. The number of nitrogens with one attached hydrogen (secondary N) is 1. The molecule has 0 aliphatic heterocycles. The Labute approximate surface area is 121 Å². The van der Waals surface area contributed by atoms with Gasteiger partial charge in [0.2, 0.25) is 10.0 Å². The molecule has 0 spiro atoms. The van der Waals surface area contributed by atoms with E-state index in [2.05, 4.69) is 14.8 Å². The van der Waals surface area contributed by atoms with Crippen LogP contribution in [0.2, 0.25) is 5.02 Å². The smallest absolute Gasteiger partial charge is 0.242 e. The summed E-state index contributed by atoms with van der Waals surface area (Å²) in [5, 5.41) is 4.12. The van der Waals surface area contributed by atoms with E-state index < -0.39 is 10.0 Å². The molecule has 0 aliphatic carbocycles. The van der Waals surface area contributed by atoms with Crippen LogP contribution in [-0.4, -0.2) is 29.7 Å². The van der Waals surface area contributed by atoms with Crippen LogP contribution in [0.25, 0.3) is 0 Å². The van der Waals surface area contributed by atoms with Gasteiger partial charge in [-0.3, -0.25) is 4.68 Å². The Morgan fingerprint density at radius 2 is 2.25 bits per heavy atom. The van der Waals surface area contributed by atoms with Crippen molar-refractivity contribution in [1.29, 1.82) is 0 Å². The van der Waals surface area contributed by atoms with Crippen LogP contribution in [0.15, 0.2) is 29.4 Å². The zero-order chi connectivity index (χ0) is 14.8. The van der Waals surface area contributed by atoms with E-state index in [9.17, 15) is 8.42 Å². The SMILES string of the molecule is Cn1nccc1CCNS(=O)(=O)c1cnc(N)c(Cl)c1. The molecular weight excluding hydrogens is 302 g/mol. The van der Waals surface area contributed by atoms with Crippen LogP contribution in [0.4, 0.5) is 5.82 Å². The van der Waals surface area contributed by atoms with Crippen LogP contribution >= 0.6 is 11.6 Å². The van der Waals surface area contributed by atoms with Gasteiger partial charge in [-0.2, -0.15) is 5.10 Å². The molecule has 0 aromatic carbocycles. The van der Waals surface area contributed by atoms with E-state index in [1.807, 2.05) is 6.07 Å². The number of nitrogens with zero attached hydrogens (tertiary/aromatic N) is 3. The Hall–Kier alpha value is -1.64. The number of aromatic nitrogens is 3. The molecule has 2 rings (SSSR count). The summed E-state index contributed by atoms with van der Waals surface area (Å²) < 4.78 is 28.2. The molecule has 3 N–H and O–H groups in total. The van der Waals surface area contributed by atoms with Crippen molar-refractivity contribution in [3.8, 4) is 0 Å². The summed E-state index contributed by atoms with van der Waals surface area (Å²) in [4.78, 5) is 3.72. The van der Waals surface area contributed by atoms with Crippen molar-refractivity contribution in [2.75, 3.05) is 12.3 Å². The topological polar surface area (TPSA) is 103 Å². The highest BCUT2D eigenvalue weighted by Crippen LogP contribution is 2.19. The first-order valence-corrected chi connectivity index (χ1v) is 7.64. The molecule has 0 fully saturated rings. The lowest BCUT2D eigenvalue weighted by Crippen LogP contribution is -2.26. The third-order valence-corrected chi connectivity index (χ3v) is 4.48. The predicted octanol–water partition coefficient (Wildman–Crippen LogP) is 0.572. The number of hydrogen-bond donors (Lipinski definition) is 2. The largest absolute Gasteiger partial charge is 0.382 e. The van der Waals surface area contributed by atoms with Crippen LogP contribution in [0.3, 0.4) is 0 Å². The molecule has 0 saturated carbocycles. The molecule has 2 aromatic rings. The van der Waals surface area contributed by atoms with E-state index in [0.717, 1.165) is 5.69 Å². The zero-order valence-electron chi connectivity index (χ0n) is 10.7. The van der Waals surface area contributed by atoms with Crippen molar-refractivity contribution >= 4 is 27.4 Å². The lowest BCUT2D eigenvalue weighted by Gasteiger charge is -2.07. The van der Waals surface area contributed by atoms with Crippen molar-refractivity contribution < 1.29 is 8.42 Å². The minimum atomic E-state index is -3.65. The maximum atomic E-state index is 12.0. The Balaban J connectivity index is 2.04. The van der Waals surface area contributed by atoms with Gasteiger partial charge in [-0.1, -0.05) is 11.6 Å². The van der Waals surface area contributed by atoms with E-state index in [0.29, 0.717) is 6.42 Å². The number of sulfonamides is 1. The fourth-order valence-corrected chi connectivity index (χ4v) is 2.85. The highest BCUT2D eigenvalue weighted by Gasteiger charge is 2.15. The number of aryl methyl sites for hydroxylation is 1. The summed E-state index contributed by atoms with van der Waals surface area (Å²) in [7, 11) is -1.85. The van der Waals surface area contributed by atoms with Gasteiger partial charge in [-0.15, -0.1) is 0 Å². The molecular formula is C11H14ClN5O2S. The average molecular weight is 316 g/mol. The molecule has 20 heavy (non-hydrogen) atoms. The molecule has 9 heteroatoms. The molecule has 108 valence electrons. The Morgan fingerprint density at radius 3 is 2.85 bits per heavy atom. The quantitative estimate of drug-likeness (QED) is 0.839. The average Bonchev–Trinajstić information content (AvgIpc) is 2.78. The molecule has 2 heterocycles. The Morgan fingerprint density at radius 1 is 1.50 bits per heavy atom. The predicted molar refractivity (Wildman–Crippen MR) is 75.8 cm³/mol. The zero-order valence-corrected chi connectivity index (χ0v) is 12.3. The minimum absolute atomic E-state index is 0.0123. The summed E-state index contributed by atoms with van der Waals surface area (Å²) in [6.07, 6.45) is 3.37. The Kier molecular flexibility index (Phi) is 4.26. The van der Waals surface area contributed by atoms with Crippen LogP contribution in [0, 0.1) is 0 Å². The lowest BCUT2D eigenvalue weighted by atomic mass is 10.3. The van der Waals surface area contributed by atoms with Gasteiger partial charge in [-0.05, 0) is 12.1 Å². The van der Waals surface area contributed by atoms with E-state index in [1.165, 1.54) is 12.3 Å². The maximum absolute atomic E-state index is 12.0. The number of rotatable bonds is 5. The van der Waals surface area contributed by atoms with E-state index in [-0.39, 0.29) is 22.3 Å². The molecule has 0 radical (unpaired) electrons. The molecule has 0 unspecified atom stereocenters. The van der Waals surface area contributed by atoms with Crippen LogP contribution in [-0.2, 0) is 23.5 Å². The first-order chi connectivity index (χ1) is 9.40. The fourth-order valence-electron chi connectivity index (χ4n) is 1.62. The summed E-state index contributed by atoms with van der Waals surface area (Å²) in [5.41, 5.74) is 6.38. The van der Waals surface area contributed by atoms with Gasteiger partial charge >= 0.3 is 0 Å². The van der Waals surface area contributed by atoms with Gasteiger partial charge in [0.15, 0.2) is 0 Å². The van der Waals surface area contributed by atoms with E-state index in [1.54, 1.807) is 17.9 Å². The number of halogens is 1. The van der Waals surface area contributed by atoms with Crippen LogP contribution in [0.5, 0.6) is 0 Å². The van der Waals surface area contributed by atoms with E-state index >= 15 is 0 Å². The molecule has 0 amide bonds. The second-order valence-electron chi connectivity index (χ2n) is 4.13. The highest BCUT2D eigenvalue weighted by atomic mass is 35.5. The molecule has 0 saturated heterocycles. The van der Waals surface area contributed by atoms with Gasteiger partial charge in [0.25, 0.3) is 0 Å². The molecule has 0 bridgehead atoms. The number of anilines is 1. The van der Waals surface area contributed by atoms with Crippen molar-refractivity contribution in [1.82, 2.24) is 19.5 Å². The Bertz CT molecular complexity index is 713. The molecule has 7 nitrogen and oxygen atoms in total. The van der Waals surface area contributed by atoms with Gasteiger partial charge in [0.05, 0.1) is 5.02 Å². The molecule has 2 aromatic heterocycles. The molecule has 0 atom stereocenters. The number of hydrogen-bond acceptors (Lipinski definition) is 5. The van der Waals surface area contributed by atoms with Crippen molar-refractivity contribution in [2.45, 2.75) is 11.3 Å². The molecule has 0 aliphatic rings. The van der Waals surface area contributed by atoms with E-state index in [4.69, 9.17) is 17.3 Å². The standard InChI is InChI=1S/C11H14ClN5O2S/c1-17-8(2-4-15-17)3-5-16-20(18,19)9-6-10(12)11(13)14-7-9/h2,4,6-7,16H,3,5H2,1H3,(H2,13,14). The van der Waals surface area contributed by atoms with Gasteiger partial charge in [0, 0.05) is 38.1 Å². The summed E-state index contributed by atoms with van der Waals surface area (Å²) in [6, 6.07) is 3.10. The second-order valence-corrected chi connectivity index (χ2v) is 6.31. The first kappa shape index (κ1) is 14.8. The van der Waals surface area contributed by atoms with Gasteiger partial charge in [0.1, 0.15) is 10.7 Å². The third kappa shape index (κ3) is 3.27. The fraction of sp³-hybridized carbons (Fsp3) is 0.273. The van der Waals surface area contributed by atoms with Crippen LogP contribution in [0.1, 0.15) is 5.69 Å². The normalized spacial score (nSPS) is 11.7. The van der Waals surface area contributed by atoms with Gasteiger partial charge < -0.3 is 5.73 Å². The lowest BCUT2D eigenvalue weighted by molar-refractivity contribution is 0.579. The van der Waals surface area contributed by atoms with Crippen LogP contribution < -0.4 is 10.5 Å². The van der Waals surface area contributed by atoms with Crippen molar-refractivity contribution in [3.05, 3.63) is 35.2 Å². The first-order valence-electron chi connectivity index (χ1n) is 5.78. The monoisotopic (exact) mass is 315 g/mol. The minimum Gasteiger partial charge on any atom is -0.382 e. The summed E-state index contributed by atoms with van der Waals surface area (Å²) in [6.45, 7) is 0.254. The third-order valence-electron chi connectivity index (χ3n) is 2.75. The number of pyridine rings is 1. The van der Waals surface area contributed by atoms with Crippen molar-refractivity contribution in [3.63, 3.8) is 0 Å². The van der Waals surface area contributed by atoms with Crippen molar-refractivity contribution in [2.24, 2.45) is 7.05 Å². The van der Waals surface area contributed by atoms with Gasteiger partial charge in [-0.25, -0.2) is 18.1 Å². The maximum Gasteiger partial charge on any atom is 0.242 e. The highest BCUT2D eigenvalue weighted by molar-refractivity contribution is 7.89. The number of nitrogen functional groups attached to an aromatic ring is 1.